The number of amides is 1. The minimum atomic E-state index is -0.209. The van der Waals surface area contributed by atoms with Crippen LogP contribution in [0.1, 0.15) is 19.8 Å². The lowest BCUT2D eigenvalue weighted by Crippen LogP contribution is -2.53. The summed E-state index contributed by atoms with van der Waals surface area (Å²) in [4.78, 5) is 11.8. The van der Waals surface area contributed by atoms with E-state index in [1.54, 1.807) is 0 Å². The third-order valence-electron chi connectivity index (χ3n) is 3.18. The standard InChI is InChI=1S/C11H20N2O3.ClH/c1-11(3-2-5-16-11)8-13-10(14)9-7-15-6-4-12-9;/h9,12H,2-8H2,1H3,(H,13,14);1H. The molecular formula is C11H21ClN2O3. The number of halogens is 1. The Balaban J connectivity index is 0.00000144. The average Bonchev–Trinajstić information content (AvgIpc) is 2.75. The van der Waals surface area contributed by atoms with Crippen LogP contribution in [0.15, 0.2) is 0 Å². The van der Waals surface area contributed by atoms with Gasteiger partial charge in [-0.05, 0) is 19.8 Å². The second-order valence-corrected chi connectivity index (χ2v) is 4.70. The van der Waals surface area contributed by atoms with Crippen molar-refractivity contribution in [3.05, 3.63) is 0 Å². The molecule has 5 nitrogen and oxygen atoms in total. The Morgan fingerprint density at radius 3 is 2.94 bits per heavy atom. The van der Waals surface area contributed by atoms with Crippen molar-refractivity contribution in [2.75, 3.05) is 32.9 Å². The summed E-state index contributed by atoms with van der Waals surface area (Å²) in [5.74, 6) is 0.0106. The lowest BCUT2D eigenvalue weighted by Gasteiger charge is -2.27. The van der Waals surface area contributed by atoms with E-state index in [2.05, 4.69) is 10.6 Å². The van der Waals surface area contributed by atoms with E-state index in [1.165, 1.54) is 0 Å². The SMILES string of the molecule is CC1(CNC(=O)C2COCCN2)CCCO1.Cl. The zero-order valence-electron chi connectivity index (χ0n) is 10.2. The molecule has 0 aromatic heterocycles. The average molecular weight is 265 g/mol. The summed E-state index contributed by atoms with van der Waals surface area (Å²) >= 11 is 0. The maximum absolute atomic E-state index is 11.8. The summed E-state index contributed by atoms with van der Waals surface area (Å²) in [5.41, 5.74) is -0.175. The lowest BCUT2D eigenvalue weighted by molar-refractivity contribution is -0.127. The summed E-state index contributed by atoms with van der Waals surface area (Å²) in [6.45, 7) is 5.33. The highest BCUT2D eigenvalue weighted by Crippen LogP contribution is 2.23. The van der Waals surface area contributed by atoms with Gasteiger partial charge >= 0.3 is 0 Å². The summed E-state index contributed by atoms with van der Waals surface area (Å²) in [6, 6.07) is -0.209. The van der Waals surface area contributed by atoms with E-state index in [0.717, 1.165) is 26.0 Å². The first-order valence-electron chi connectivity index (χ1n) is 5.92. The van der Waals surface area contributed by atoms with Gasteiger partial charge in [0.15, 0.2) is 0 Å². The van der Waals surface area contributed by atoms with Crippen LogP contribution in [0.3, 0.4) is 0 Å². The molecular weight excluding hydrogens is 244 g/mol. The Morgan fingerprint density at radius 2 is 2.35 bits per heavy atom. The molecule has 2 atom stereocenters. The second-order valence-electron chi connectivity index (χ2n) is 4.70. The molecule has 0 aliphatic carbocycles. The third kappa shape index (κ3) is 4.10. The molecule has 0 saturated carbocycles. The van der Waals surface area contributed by atoms with Gasteiger partial charge in [-0.1, -0.05) is 0 Å². The normalized spacial score (nSPS) is 32.9. The summed E-state index contributed by atoms with van der Waals surface area (Å²) in [5, 5.41) is 6.06. The zero-order chi connectivity index (χ0) is 11.4. The highest BCUT2D eigenvalue weighted by Gasteiger charge is 2.31. The van der Waals surface area contributed by atoms with E-state index in [1.807, 2.05) is 6.92 Å². The number of carbonyl (C=O) groups excluding carboxylic acids is 1. The molecule has 2 fully saturated rings. The van der Waals surface area contributed by atoms with Crippen molar-refractivity contribution >= 4 is 18.3 Å². The molecule has 2 saturated heterocycles. The fourth-order valence-electron chi connectivity index (χ4n) is 2.11. The van der Waals surface area contributed by atoms with Crippen LogP contribution >= 0.6 is 12.4 Å². The highest BCUT2D eigenvalue weighted by molar-refractivity contribution is 5.85. The minimum Gasteiger partial charge on any atom is -0.378 e. The van der Waals surface area contributed by atoms with E-state index in [9.17, 15) is 4.79 Å². The van der Waals surface area contributed by atoms with Crippen LogP contribution in [0.5, 0.6) is 0 Å². The number of nitrogens with one attached hydrogen (secondary N) is 2. The van der Waals surface area contributed by atoms with Crippen LogP contribution < -0.4 is 10.6 Å². The first-order valence-corrected chi connectivity index (χ1v) is 5.92. The molecule has 6 heteroatoms. The van der Waals surface area contributed by atoms with Crippen LogP contribution in [-0.2, 0) is 14.3 Å². The molecule has 2 aliphatic rings. The van der Waals surface area contributed by atoms with Crippen LogP contribution in [-0.4, -0.2) is 50.5 Å². The molecule has 2 heterocycles. The predicted octanol–water partition coefficient (Wildman–Crippen LogP) is 0.0819. The van der Waals surface area contributed by atoms with Crippen molar-refractivity contribution in [1.29, 1.82) is 0 Å². The maximum atomic E-state index is 11.8. The highest BCUT2D eigenvalue weighted by atomic mass is 35.5. The van der Waals surface area contributed by atoms with Gasteiger partial charge in [-0.3, -0.25) is 4.79 Å². The summed E-state index contributed by atoms with van der Waals surface area (Å²) < 4.78 is 10.9. The van der Waals surface area contributed by atoms with Gasteiger partial charge in [-0.15, -0.1) is 12.4 Å². The van der Waals surface area contributed by atoms with Crippen molar-refractivity contribution < 1.29 is 14.3 Å². The number of hydrogen-bond acceptors (Lipinski definition) is 4. The Hall–Kier alpha value is -0.360. The van der Waals surface area contributed by atoms with Crippen molar-refractivity contribution in [1.82, 2.24) is 10.6 Å². The van der Waals surface area contributed by atoms with Crippen molar-refractivity contribution in [2.24, 2.45) is 0 Å². The van der Waals surface area contributed by atoms with Gasteiger partial charge in [0.2, 0.25) is 5.91 Å². The largest absolute Gasteiger partial charge is 0.378 e. The van der Waals surface area contributed by atoms with Crippen LogP contribution in [0, 0.1) is 0 Å². The van der Waals surface area contributed by atoms with Crippen molar-refractivity contribution in [3.8, 4) is 0 Å². The molecule has 0 aromatic carbocycles. The summed E-state index contributed by atoms with van der Waals surface area (Å²) in [6.07, 6.45) is 2.10. The number of morpholine rings is 1. The van der Waals surface area contributed by atoms with Gasteiger partial charge in [0.1, 0.15) is 6.04 Å². The summed E-state index contributed by atoms with van der Waals surface area (Å²) in [7, 11) is 0. The van der Waals surface area contributed by atoms with E-state index < -0.39 is 0 Å². The Kier molecular flexibility index (Phi) is 5.66. The minimum absolute atomic E-state index is 0. The Morgan fingerprint density at radius 1 is 1.53 bits per heavy atom. The van der Waals surface area contributed by atoms with Gasteiger partial charge in [0.25, 0.3) is 0 Å². The quantitative estimate of drug-likeness (QED) is 0.758. The van der Waals surface area contributed by atoms with Gasteiger partial charge in [-0.2, -0.15) is 0 Å². The van der Waals surface area contributed by atoms with Gasteiger partial charge in [0.05, 0.1) is 18.8 Å². The molecule has 100 valence electrons. The smallest absolute Gasteiger partial charge is 0.239 e. The van der Waals surface area contributed by atoms with E-state index in [4.69, 9.17) is 9.47 Å². The molecule has 1 amide bonds. The van der Waals surface area contributed by atoms with Crippen molar-refractivity contribution in [2.45, 2.75) is 31.4 Å². The second kappa shape index (κ2) is 6.54. The topological polar surface area (TPSA) is 59.6 Å². The fourth-order valence-corrected chi connectivity index (χ4v) is 2.11. The van der Waals surface area contributed by atoms with E-state index in [-0.39, 0.29) is 30.0 Å². The molecule has 2 unspecified atom stereocenters. The molecule has 2 rings (SSSR count). The Labute approximate surface area is 108 Å². The Bertz CT molecular complexity index is 251. The fraction of sp³-hybridized carbons (Fsp3) is 0.909. The lowest BCUT2D eigenvalue weighted by atomic mass is 10.0. The van der Waals surface area contributed by atoms with Crippen molar-refractivity contribution in [3.63, 3.8) is 0 Å². The molecule has 2 N–H and O–H groups in total. The van der Waals surface area contributed by atoms with Crippen LogP contribution in [0.4, 0.5) is 0 Å². The van der Waals surface area contributed by atoms with E-state index in [0.29, 0.717) is 19.8 Å². The maximum Gasteiger partial charge on any atom is 0.239 e. The molecule has 2 aliphatic heterocycles. The predicted molar refractivity (Wildman–Crippen MR) is 66.5 cm³/mol. The molecule has 17 heavy (non-hydrogen) atoms. The molecule has 0 spiro atoms. The first-order chi connectivity index (χ1) is 7.70. The number of carbonyl (C=O) groups is 1. The van der Waals surface area contributed by atoms with E-state index >= 15 is 0 Å². The zero-order valence-corrected chi connectivity index (χ0v) is 11.0. The molecule has 0 radical (unpaired) electrons. The van der Waals surface area contributed by atoms with Crippen LogP contribution in [0.2, 0.25) is 0 Å². The number of hydrogen-bond donors (Lipinski definition) is 2. The molecule has 0 aromatic rings. The van der Waals surface area contributed by atoms with Gasteiger partial charge in [0, 0.05) is 19.7 Å². The number of rotatable bonds is 3. The third-order valence-corrected chi connectivity index (χ3v) is 3.18. The van der Waals surface area contributed by atoms with Crippen LogP contribution in [0.25, 0.3) is 0 Å². The monoisotopic (exact) mass is 264 g/mol. The van der Waals surface area contributed by atoms with Gasteiger partial charge < -0.3 is 20.1 Å². The molecule has 0 bridgehead atoms. The van der Waals surface area contributed by atoms with Gasteiger partial charge in [-0.25, -0.2) is 0 Å². The first kappa shape index (κ1) is 14.7. The number of ether oxygens (including phenoxy) is 2.